The molecule has 1 unspecified atom stereocenters. The largest absolute Gasteiger partial charge is 0.325 e. The molecule has 1 amide bonds. The quantitative estimate of drug-likeness (QED) is 0.919. The number of benzene rings is 1. The third-order valence-corrected chi connectivity index (χ3v) is 4.90. The number of likely N-dealkylation sites (tertiary alicyclic amines) is 1. The van der Waals surface area contributed by atoms with E-state index in [4.69, 9.17) is 0 Å². The fourth-order valence-corrected chi connectivity index (χ4v) is 3.78. The molecule has 0 aliphatic carbocycles. The normalized spacial score (nSPS) is 26.5. The van der Waals surface area contributed by atoms with E-state index in [0.717, 1.165) is 43.9 Å². The molecule has 0 bridgehead atoms. The van der Waals surface area contributed by atoms with Crippen LogP contribution in [0.15, 0.2) is 24.3 Å². The standard InChI is InChI=1S/C15H20N2OS/c1-19-10-9-17-8-4-7-15(11-17)12-5-2-3-6-13(12)16-14(15)18/h2-3,5-6H,4,7-11H2,1H3,(H,16,18). The molecule has 1 saturated heterocycles. The van der Waals surface area contributed by atoms with Crippen LogP contribution in [0.25, 0.3) is 0 Å². The van der Waals surface area contributed by atoms with Crippen molar-refractivity contribution in [2.45, 2.75) is 18.3 Å². The van der Waals surface area contributed by atoms with Gasteiger partial charge in [0.1, 0.15) is 0 Å². The fraction of sp³-hybridized carbons (Fsp3) is 0.533. The Hall–Kier alpha value is -1.00. The molecule has 1 aromatic carbocycles. The Kier molecular flexibility index (Phi) is 3.54. The second-order valence-electron chi connectivity index (χ2n) is 5.45. The summed E-state index contributed by atoms with van der Waals surface area (Å²) in [5, 5.41) is 3.06. The number of carbonyl (C=O) groups is 1. The van der Waals surface area contributed by atoms with Gasteiger partial charge in [0.25, 0.3) is 0 Å². The molecule has 19 heavy (non-hydrogen) atoms. The van der Waals surface area contributed by atoms with Crippen LogP contribution in [0.2, 0.25) is 0 Å². The molecule has 1 N–H and O–H groups in total. The number of anilines is 1. The first-order valence-electron chi connectivity index (χ1n) is 6.88. The number of thioether (sulfide) groups is 1. The second kappa shape index (κ2) is 5.17. The van der Waals surface area contributed by atoms with Gasteiger partial charge in [-0.05, 0) is 37.3 Å². The number of hydrogen-bond donors (Lipinski definition) is 1. The highest BCUT2D eigenvalue weighted by molar-refractivity contribution is 7.98. The van der Waals surface area contributed by atoms with Crippen LogP contribution >= 0.6 is 11.8 Å². The van der Waals surface area contributed by atoms with Crippen LogP contribution in [0.5, 0.6) is 0 Å². The number of para-hydroxylation sites is 1. The molecule has 1 atom stereocenters. The van der Waals surface area contributed by atoms with Crippen LogP contribution in [0.4, 0.5) is 5.69 Å². The Morgan fingerprint density at radius 1 is 1.42 bits per heavy atom. The summed E-state index contributed by atoms with van der Waals surface area (Å²) in [7, 11) is 0. The van der Waals surface area contributed by atoms with E-state index in [0.29, 0.717) is 0 Å². The summed E-state index contributed by atoms with van der Waals surface area (Å²) in [4.78, 5) is 14.9. The van der Waals surface area contributed by atoms with E-state index in [1.807, 2.05) is 30.0 Å². The number of hydrogen-bond acceptors (Lipinski definition) is 3. The summed E-state index contributed by atoms with van der Waals surface area (Å²) in [6.45, 7) is 3.08. The lowest BCUT2D eigenvalue weighted by atomic mass is 9.75. The van der Waals surface area contributed by atoms with Crippen molar-refractivity contribution in [1.82, 2.24) is 4.90 Å². The van der Waals surface area contributed by atoms with E-state index in [1.165, 1.54) is 5.56 Å². The minimum absolute atomic E-state index is 0.197. The molecule has 0 radical (unpaired) electrons. The average Bonchev–Trinajstić information content (AvgIpc) is 2.70. The molecule has 2 aliphatic rings. The van der Waals surface area contributed by atoms with Crippen molar-refractivity contribution in [3.8, 4) is 0 Å². The first-order valence-corrected chi connectivity index (χ1v) is 8.28. The maximum absolute atomic E-state index is 12.5. The van der Waals surface area contributed by atoms with Gasteiger partial charge in [-0.3, -0.25) is 4.79 Å². The predicted octanol–water partition coefficient (Wildman–Crippen LogP) is 2.34. The minimum atomic E-state index is -0.298. The van der Waals surface area contributed by atoms with Crippen molar-refractivity contribution in [3.05, 3.63) is 29.8 Å². The monoisotopic (exact) mass is 276 g/mol. The summed E-state index contributed by atoms with van der Waals surface area (Å²) >= 11 is 1.87. The zero-order chi connectivity index (χ0) is 13.3. The van der Waals surface area contributed by atoms with Crippen molar-refractivity contribution in [3.63, 3.8) is 0 Å². The first kappa shape index (κ1) is 13.0. The molecule has 1 spiro atoms. The maximum atomic E-state index is 12.5. The first-order chi connectivity index (χ1) is 9.26. The molecule has 1 fully saturated rings. The second-order valence-corrected chi connectivity index (χ2v) is 6.44. The smallest absolute Gasteiger partial charge is 0.236 e. The predicted molar refractivity (Wildman–Crippen MR) is 80.8 cm³/mol. The Morgan fingerprint density at radius 2 is 2.26 bits per heavy atom. The minimum Gasteiger partial charge on any atom is -0.325 e. The highest BCUT2D eigenvalue weighted by atomic mass is 32.2. The molecular formula is C15H20N2OS. The van der Waals surface area contributed by atoms with Crippen LogP contribution in [0.1, 0.15) is 18.4 Å². The zero-order valence-electron chi connectivity index (χ0n) is 11.3. The van der Waals surface area contributed by atoms with Crippen LogP contribution in [0.3, 0.4) is 0 Å². The van der Waals surface area contributed by atoms with Crippen LogP contribution in [0, 0.1) is 0 Å². The number of piperidine rings is 1. The zero-order valence-corrected chi connectivity index (χ0v) is 12.1. The van der Waals surface area contributed by atoms with E-state index in [2.05, 4.69) is 22.5 Å². The van der Waals surface area contributed by atoms with Gasteiger partial charge >= 0.3 is 0 Å². The van der Waals surface area contributed by atoms with Gasteiger partial charge in [-0.2, -0.15) is 11.8 Å². The number of nitrogens with one attached hydrogen (secondary N) is 1. The summed E-state index contributed by atoms with van der Waals surface area (Å²) in [6, 6.07) is 8.17. The van der Waals surface area contributed by atoms with Crippen molar-refractivity contribution >= 4 is 23.4 Å². The molecule has 3 nitrogen and oxygen atoms in total. The highest BCUT2D eigenvalue weighted by Gasteiger charge is 2.48. The number of nitrogens with zero attached hydrogens (tertiary/aromatic N) is 1. The van der Waals surface area contributed by atoms with E-state index in [9.17, 15) is 4.79 Å². The van der Waals surface area contributed by atoms with Gasteiger partial charge in [0, 0.05) is 24.5 Å². The molecule has 2 aliphatic heterocycles. The summed E-state index contributed by atoms with van der Waals surface area (Å²) < 4.78 is 0. The Bertz CT molecular complexity index is 491. The van der Waals surface area contributed by atoms with Gasteiger partial charge in [-0.15, -0.1) is 0 Å². The Labute approximate surface area is 118 Å². The van der Waals surface area contributed by atoms with Gasteiger partial charge in [-0.1, -0.05) is 18.2 Å². The topological polar surface area (TPSA) is 32.3 Å². The van der Waals surface area contributed by atoms with Crippen LogP contribution < -0.4 is 5.32 Å². The third-order valence-electron chi connectivity index (χ3n) is 4.31. The summed E-state index contributed by atoms with van der Waals surface area (Å²) in [5.41, 5.74) is 1.92. The SMILES string of the molecule is CSCCN1CCCC2(C1)C(=O)Nc1ccccc12. The maximum Gasteiger partial charge on any atom is 0.236 e. The van der Waals surface area contributed by atoms with Crippen molar-refractivity contribution in [2.24, 2.45) is 0 Å². The number of fused-ring (bicyclic) bond motifs is 2. The Morgan fingerprint density at radius 3 is 3.11 bits per heavy atom. The van der Waals surface area contributed by atoms with Gasteiger partial charge < -0.3 is 10.2 Å². The van der Waals surface area contributed by atoms with E-state index in [-0.39, 0.29) is 11.3 Å². The number of rotatable bonds is 3. The lowest BCUT2D eigenvalue weighted by Crippen LogP contribution is -2.50. The van der Waals surface area contributed by atoms with Crippen LogP contribution in [-0.2, 0) is 10.2 Å². The van der Waals surface area contributed by atoms with E-state index < -0.39 is 0 Å². The van der Waals surface area contributed by atoms with E-state index >= 15 is 0 Å². The molecule has 102 valence electrons. The molecule has 2 heterocycles. The summed E-state index contributed by atoms with van der Waals surface area (Å²) in [5.74, 6) is 1.34. The average molecular weight is 276 g/mol. The van der Waals surface area contributed by atoms with E-state index in [1.54, 1.807) is 0 Å². The van der Waals surface area contributed by atoms with Gasteiger partial charge in [0.05, 0.1) is 5.41 Å². The fourth-order valence-electron chi connectivity index (χ4n) is 3.33. The van der Waals surface area contributed by atoms with Crippen molar-refractivity contribution in [1.29, 1.82) is 0 Å². The molecule has 4 heteroatoms. The van der Waals surface area contributed by atoms with Crippen LogP contribution in [-0.4, -0.2) is 42.4 Å². The lowest BCUT2D eigenvalue weighted by Gasteiger charge is -2.39. The molecule has 0 aromatic heterocycles. The van der Waals surface area contributed by atoms with Gasteiger partial charge in [0.2, 0.25) is 5.91 Å². The van der Waals surface area contributed by atoms with Gasteiger partial charge in [-0.25, -0.2) is 0 Å². The lowest BCUT2D eigenvalue weighted by molar-refractivity contribution is -0.122. The third kappa shape index (κ3) is 2.17. The van der Waals surface area contributed by atoms with Crippen molar-refractivity contribution in [2.75, 3.05) is 37.0 Å². The Balaban J connectivity index is 1.88. The highest BCUT2D eigenvalue weighted by Crippen LogP contribution is 2.43. The molecule has 3 rings (SSSR count). The number of amides is 1. The molecule has 0 saturated carbocycles. The van der Waals surface area contributed by atoms with Crippen molar-refractivity contribution < 1.29 is 4.79 Å². The van der Waals surface area contributed by atoms with Gasteiger partial charge in [0.15, 0.2) is 0 Å². The number of carbonyl (C=O) groups excluding carboxylic acids is 1. The summed E-state index contributed by atoms with van der Waals surface area (Å²) in [6.07, 6.45) is 4.22. The molecular weight excluding hydrogens is 256 g/mol. The molecule has 1 aromatic rings.